The average Bonchev–Trinajstić information content (AvgIpc) is 3.34. The molecule has 1 aliphatic rings. The number of benzene rings is 2. The van der Waals surface area contributed by atoms with Gasteiger partial charge in [-0.3, -0.25) is 14.9 Å². The van der Waals surface area contributed by atoms with Gasteiger partial charge < -0.3 is 14.6 Å². The van der Waals surface area contributed by atoms with E-state index in [9.17, 15) is 29.9 Å². The number of nitro groups is 1. The number of carbonyl (C=O) groups excluding carboxylic acids is 1. The highest BCUT2D eigenvalue weighted by molar-refractivity contribution is 6.34. The number of halogens is 1. The minimum atomic E-state index is -1.24. The van der Waals surface area contributed by atoms with Crippen molar-refractivity contribution in [3.05, 3.63) is 80.6 Å². The first-order chi connectivity index (χ1) is 15.7. The second kappa shape index (κ2) is 8.24. The molecule has 0 fully saturated rings. The SMILES string of the molecule is CC1=NN(c2ccc(Cl)c(C(=O)O)c2)C(=O)/C1=C/c1ccc(-c2cc([N+](=O)[O-])ccc2O)o1. The number of hydrazone groups is 1. The lowest BCUT2D eigenvalue weighted by Crippen LogP contribution is -2.21. The van der Waals surface area contributed by atoms with Crippen molar-refractivity contribution in [2.75, 3.05) is 5.01 Å². The molecule has 33 heavy (non-hydrogen) atoms. The first kappa shape index (κ1) is 21.8. The summed E-state index contributed by atoms with van der Waals surface area (Å²) in [7, 11) is 0. The maximum Gasteiger partial charge on any atom is 0.337 e. The van der Waals surface area contributed by atoms with Gasteiger partial charge in [0.05, 0.1) is 38.0 Å². The fourth-order valence-corrected chi connectivity index (χ4v) is 3.42. The average molecular weight is 468 g/mol. The fraction of sp³-hybridized carbons (Fsp3) is 0.0455. The number of carbonyl (C=O) groups is 2. The molecule has 0 spiro atoms. The van der Waals surface area contributed by atoms with E-state index in [1.807, 2.05) is 0 Å². The van der Waals surface area contributed by atoms with Crippen LogP contribution < -0.4 is 5.01 Å². The van der Waals surface area contributed by atoms with E-state index in [0.29, 0.717) is 5.71 Å². The Balaban J connectivity index is 1.65. The van der Waals surface area contributed by atoms with Gasteiger partial charge in [0.15, 0.2) is 0 Å². The molecule has 1 aromatic heterocycles. The number of hydrogen-bond acceptors (Lipinski definition) is 7. The predicted molar refractivity (Wildman–Crippen MR) is 119 cm³/mol. The normalized spacial score (nSPS) is 14.6. The van der Waals surface area contributed by atoms with Gasteiger partial charge in [-0.25, -0.2) is 4.79 Å². The summed E-state index contributed by atoms with van der Waals surface area (Å²) in [5.41, 5.74) is 0.535. The number of phenols is 1. The molecule has 166 valence electrons. The van der Waals surface area contributed by atoms with Gasteiger partial charge in [-0.1, -0.05) is 11.6 Å². The van der Waals surface area contributed by atoms with E-state index in [-0.39, 0.29) is 50.4 Å². The Kier molecular flexibility index (Phi) is 5.44. The molecule has 2 N–H and O–H groups in total. The van der Waals surface area contributed by atoms with Crippen LogP contribution in [0.2, 0.25) is 5.02 Å². The molecular weight excluding hydrogens is 454 g/mol. The summed E-state index contributed by atoms with van der Waals surface area (Å²) >= 11 is 5.89. The van der Waals surface area contributed by atoms with Crippen LogP contribution in [0.1, 0.15) is 23.0 Å². The highest BCUT2D eigenvalue weighted by Crippen LogP contribution is 2.35. The minimum Gasteiger partial charge on any atom is -0.507 e. The van der Waals surface area contributed by atoms with Gasteiger partial charge in [0.25, 0.3) is 11.6 Å². The van der Waals surface area contributed by atoms with Crippen LogP contribution in [0.25, 0.3) is 17.4 Å². The van der Waals surface area contributed by atoms with Crippen LogP contribution in [-0.4, -0.2) is 32.7 Å². The largest absolute Gasteiger partial charge is 0.507 e. The van der Waals surface area contributed by atoms with Crippen LogP contribution >= 0.6 is 11.6 Å². The van der Waals surface area contributed by atoms with Crippen LogP contribution in [0.4, 0.5) is 11.4 Å². The van der Waals surface area contributed by atoms with Crippen molar-refractivity contribution < 1.29 is 29.1 Å². The predicted octanol–water partition coefficient (Wildman–Crippen LogP) is 4.72. The summed E-state index contributed by atoms with van der Waals surface area (Å²) in [6.45, 7) is 1.61. The topological polar surface area (TPSA) is 146 Å². The molecule has 11 heteroatoms. The Labute approximate surface area is 190 Å². The maximum atomic E-state index is 12.9. The van der Waals surface area contributed by atoms with Crippen molar-refractivity contribution in [1.82, 2.24) is 0 Å². The number of phenolic OH excluding ortho intramolecular Hbond substituents is 1. The van der Waals surface area contributed by atoms with Crippen molar-refractivity contribution in [2.45, 2.75) is 6.92 Å². The monoisotopic (exact) mass is 467 g/mol. The van der Waals surface area contributed by atoms with Crippen LogP contribution in [0.15, 0.2) is 63.6 Å². The summed E-state index contributed by atoms with van der Waals surface area (Å²) in [5.74, 6) is -1.53. The third kappa shape index (κ3) is 4.06. The molecule has 0 atom stereocenters. The van der Waals surface area contributed by atoms with Crippen molar-refractivity contribution in [3.8, 4) is 17.1 Å². The van der Waals surface area contributed by atoms with Gasteiger partial charge >= 0.3 is 5.97 Å². The molecule has 0 bridgehead atoms. The number of hydrogen-bond donors (Lipinski definition) is 2. The van der Waals surface area contributed by atoms with Crippen LogP contribution in [0, 0.1) is 10.1 Å². The number of anilines is 1. The lowest BCUT2D eigenvalue weighted by Gasteiger charge is -2.12. The molecule has 4 rings (SSSR count). The highest BCUT2D eigenvalue weighted by atomic mass is 35.5. The summed E-state index contributed by atoms with van der Waals surface area (Å²) in [5, 5.41) is 35.6. The van der Waals surface area contributed by atoms with Gasteiger partial charge in [-0.2, -0.15) is 10.1 Å². The third-order valence-corrected chi connectivity index (χ3v) is 5.19. The van der Waals surface area contributed by atoms with Crippen LogP contribution in [-0.2, 0) is 4.79 Å². The molecule has 2 aromatic carbocycles. The van der Waals surface area contributed by atoms with E-state index >= 15 is 0 Å². The Hall–Kier alpha value is -4.44. The molecular formula is C22H14ClN3O7. The van der Waals surface area contributed by atoms with Crippen molar-refractivity contribution in [3.63, 3.8) is 0 Å². The zero-order valence-electron chi connectivity index (χ0n) is 16.9. The van der Waals surface area contributed by atoms with Gasteiger partial charge in [-0.05, 0) is 49.4 Å². The second-order valence-electron chi connectivity index (χ2n) is 6.99. The Bertz CT molecular complexity index is 1390. The Morgan fingerprint density at radius 2 is 1.97 bits per heavy atom. The van der Waals surface area contributed by atoms with Crippen molar-refractivity contribution in [1.29, 1.82) is 0 Å². The fourth-order valence-electron chi connectivity index (χ4n) is 3.22. The molecule has 0 radical (unpaired) electrons. The molecule has 3 aromatic rings. The zero-order chi connectivity index (χ0) is 23.9. The van der Waals surface area contributed by atoms with Crippen LogP contribution in [0.5, 0.6) is 5.75 Å². The molecule has 1 aliphatic heterocycles. The smallest absolute Gasteiger partial charge is 0.337 e. The van der Waals surface area contributed by atoms with Gasteiger partial charge in [-0.15, -0.1) is 0 Å². The van der Waals surface area contributed by atoms with Gasteiger partial charge in [0.1, 0.15) is 17.3 Å². The summed E-state index contributed by atoms with van der Waals surface area (Å²) < 4.78 is 5.67. The van der Waals surface area contributed by atoms with Gasteiger partial charge in [0.2, 0.25) is 0 Å². The number of aromatic hydroxyl groups is 1. The first-order valence-corrected chi connectivity index (χ1v) is 9.75. The number of nitro benzene ring substituents is 1. The number of carboxylic acids is 1. The third-order valence-electron chi connectivity index (χ3n) is 4.86. The number of nitrogens with zero attached hydrogens (tertiary/aromatic N) is 3. The molecule has 10 nitrogen and oxygen atoms in total. The molecule has 1 amide bonds. The molecule has 0 aliphatic carbocycles. The number of rotatable bonds is 5. The van der Waals surface area contributed by atoms with E-state index in [4.69, 9.17) is 16.0 Å². The first-order valence-electron chi connectivity index (χ1n) is 9.38. The summed E-state index contributed by atoms with van der Waals surface area (Å²) in [6, 6.07) is 10.7. The number of carboxylic acid groups (broad SMARTS) is 1. The minimum absolute atomic E-state index is 0.0295. The van der Waals surface area contributed by atoms with Gasteiger partial charge in [0, 0.05) is 12.1 Å². The lowest BCUT2D eigenvalue weighted by molar-refractivity contribution is -0.384. The highest BCUT2D eigenvalue weighted by Gasteiger charge is 2.30. The van der Waals surface area contributed by atoms with Crippen molar-refractivity contribution in [2.24, 2.45) is 5.10 Å². The lowest BCUT2D eigenvalue weighted by atomic mass is 10.1. The van der Waals surface area contributed by atoms with E-state index in [1.54, 1.807) is 6.92 Å². The van der Waals surface area contributed by atoms with Crippen LogP contribution in [0.3, 0.4) is 0 Å². The zero-order valence-corrected chi connectivity index (χ0v) is 17.6. The maximum absolute atomic E-state index is 12.9. The summed E-state index contributed by atoms with van der Waals surface area (Å²) in [4.78, 5) is 34.7. The number of non-ortho nitro benzene ring substituents is 1. The van der Waals surface area contributed by atoms with E-state index < -0.39 is 16.8 Å². The van der Waals surface area contributed by atoms with E-state index in [0.717, 1.165) is 5.01 Å². The summed E-state index contributed by atoms with van der Waals surface area (Å²) in [6.07, 6.45) is 1.44. The molecule has 0 unspecified atom stereocenters. The Morgan fingerprint density at radius 3 is 2.67 bits per heavy atom. The molecule has 0 saturated heterocycles. The quantitative estimate of drug-likeness (QED) is 0.313. The molecule has 0 saturated carbocycles. The van der Waals surface area contributed by atoms with E-state index in [2.05, 4.69) is 5.10 Å². The number of aromatic carboxylic acids is 1. The molecule has 2 heterocycles. The number of furan rings is 1. The van der Waals surface area contributed by atoms with E-state index in [1.165, 1.54) is 54.6 Å². The Morgan fingerprint density at radius 1 is 1.21 bits per heavy atom. The standard InChI is InChI=1S/C22H14ClN3O7/c1-11-15(21(28)25(24-11)12-2-5-18(23)16(8-12)22(29)30)10-14-4-7-20(33-14)17-9-13(26(31)32)3-6-19(17)27/h2-10,27H,1H3,(H,29,30)/b15-10+. The number of amides is 1. The van der Waals surface area contributed by atoms with Crippen molar-refractivity contribution >= 4 is 46.6 Å². The second-order valence-corrected chi connectivity index (χ2v) is 7.40.